The molecular formula is C15H22F2N2. The van der Waals surface area contributed by atoms with Crippen LogP contribution in [-0.2, 0) is 6.54 Å². The van der Waals surface area contributed by atoms with Gasteiger partial charge in [-0.15, -0.1) is 0 Å². The normalized spacial score (nSPS) is 25.3. The molecule has 0 spiro atoms. The summed E-state index contributed by atoms with van der Waals surface area (Å²) in [5.74, 6) is -1.54. The molecule has 1 saturated heterocycles. The highest BCUT2D eigenvalue weighted by atomic mass is 19.2. The van der Waals surface area contributed by atoms with Crippen LogP contribution in [0.4, 0.5) is 8.78 Å². The molecule has 106 valence electrons. The van der Waals surface area contributed by atoms with Gasteiger partial charge in [-0.3, -0.25) is 4.90 Å². The Bertz CT molecular complexity index is 436. The first-order valence-electron chi connectivity index (χ1n) is 6.94. The summed E-state index contributed by atoms with van der Waals surface area (Å²) < 4.78 is 26.1. The van der Waals surface area contributed by atoms with Gasteiger partial charge in [-0.1, -0.05) is 13.0 Å². The summed E-state index contributed by atoms with van der Waals surface area (Å²) in [6, 6.07) is 4.18. The molecule has 0 amide bonds. The van der Waals surface area contributed by atoms with Gasteiger partial charge >= 0.3 is 0 Å². The minimum Gasteiger partial charge on any atom is -0.310 e. The van der Waals surface area contributed by atoms with Crippen LogP contribution in [0.1, 0.15) is 32.3 Å². The van der Waals surface area contributed by atoms with E-state index in [1.54, 1.807) is 6.07 Å². The average Bonchev–Trinajstić information content (AvgIpc) is 2.57. The molecule has 1 aromatic carbocycles. The molecular weight excluding hydrogens is 246 g/mol. The highest BCUT2D eigenvalue weighted by Crippen LogP contribution is 2.18. The van der Waals surface area contributed by atoms with Gasteiger partial charge in [0, 0.05) is 18.6 Å². The monoisotopic (exact) mass is 268 g/mol. The molecule has 0 aromatic heterocycles. The Kier molecular flexibility index (Phi) is 4.53. The number of hydrogen-bond donors (Lipinski definition) is 1. The quantitative estimate of drug-likeness (QED) is 0.906. The third-order valence-corrected chi connectivity index (χ3v) is 3.95. The van der Waals surface area contributed by atoms with E-state index in [2.05, 4.69) is 24.1 Å². The highest BCUT2D eigenvalue weighted by molar-refractivity contribution is 5.17. The van der Waals surface area contributed by atoms with Crippen LogP contribution in [0.25, 0.3) is 0 Å². The van der Waals surface area contributed by atoms with Crippen LogP contribution in [0.3, 0.4) is 0 Å². The van der Waals surface area contributed by atoms with E-state index in [0.717, 1.165) is 38.0 Å². The highest BCUT2D eigenvalue weighted by Gasteiger charge is 2.26. The first-order valence-corrected chi connectivity index (χ1v) is 6.94. The molecule has 0 saturated carbocycles. The fourth-order valence-corrected chi connectivity index (χ4v) is 2.59. The third-order valence-electron chi connectivity index (χ3n) is 3.95. The van der Waals surface area contributed by atoms with Crippen molar-refractivity contribution >= 4 is 0 Å². The first kappa shape index (κ1) is 14.4. The SMILES string of the molecule is CCC1(C)CN(Cc2ccc(F)c(F)c2)CCCN1. The molecule has 0 bridgehead atoms. The van der Waals surface area contributed by atoms with Gasteiger partial charge < -0.3 is 5.32 Å². The van der Waals surface area contributed by atoms with Crippen molar-refractivity contribution in [2.45, 2.75) is 38.8 Å². The van der Waals surface area contributed by atoms with Gasteiger partial charge in [-0.05, 0) is 50.6 Å². The molecule has 2 rings (SSSR count). The smallest absolute Gasteiger partial charge is 0.159 e. The maximum Gasteiger partial charge on any atom is 0.159 e. The van der Waals surface area contributed by atoms with Crippen LogP contribution in [-0.4, -0.2) is 30.1 Å². The van der Waals surface area contributed by atoms with Crippen LogP contribution in [0, 0.1) is 11.6 Å². The lowest BCUT2D eigenvalue weighted by atomic mass is 9.98. The van der Waals surface area contributed by atoms with Crippen molar-refractivity contribution in [2.24, 2.45) is 0 Å². The van der Waals surface area contributed by atoms with Gasteiger partial charge in [0.25, 0.3) is 0 Å². The Hall–Kier alpha value is -1.00. The molecule has 0 radical (unpaired) electrons. The number of halogens is 2. The number of nitrogens with one attached hydrogen (secondary N) is 1. The Morgan fingerprint density at radius 2 is 2.11 bits per heavy atom. The minimum atomic E-state index is -0.778. The molecule has 1 aromatic rings. The van der Waals surface area contributed by atoms with E-state index < -0.39 is 11.6 Å². The van der Waals surface area contributed by atoms with E-state index in [9.17, 15) is 8.78 Å². The topological polar surface area (TPSA) is 15.3 Å². The second kappa shape index (κ2) is 5.97. The standard InChI is InChI=1S/C15H22F2N2/c1-3-15(2)11-19(8-4-7-18-15)10-12-5-6-13(16)14(17)9-12/h5-6,9,18H,3-4,7-8,10-11H2,1-2H3. The van der Waals surface area contributed by atoms with E-state index in [1.807, 2.05) is 0 Å². The van der Waals surface area contributed by atoms with E-state index in [4.69, 9.17) is 0 Å². The summed E-state index contributed by atoms with van der Waals surface area (Å²) in [6.45, 7) is 8.00. The summed E-state index contributed by atoms with van der Waals surface area (Å²) in [5.41, 5.74) is 0.939. The van der Waals surface area contributed by atoms with E-state index in [-0.39, 0.29) is 5.54 Å². The van der Waals surface area contributed by atoms with Gasteiger partial charge in [0.15, 0.2) is 11.6 Å². The zero-order valence-electron chi connectivity index (χ0n) is 11.7. The maximum atomic E-state index is 13.2. The Balaban J connectivity index is 2.06. The predicted octanol–water partition coefficient (Wildman–Crippen LogP) is 2.93. The lowest BCUT2D eigenvalue weighted by Gasteiger charge is -2.32. The molecule has 1 aliphatic rings. The molecule has 1 heterocycles. The molecule has 4 heteroatoms. The van der Waals surface area contributed by atoms with Gasteiger partial charge in [0.1, 0.15) is 0 Å². The fraction of sp³-hybridized carbons (Fsp3) is 0.600. The molecule has 2 nitrogen and oxygen atoms in total. The number of rotatable bonds is 3. The molecule has 1 unspecified atom stereocenters. The number of hydrogen-bond acceptors (Lipinski definition) is 2. The number of nitrogens with zero attached hydrogens (tertiary/aromatic N) is 1. The van der Waals surface area contributed by atoms with E-state index in [0.29, 0.717) is 6.54 Å². The maximum absolute atomic E-state index is 13.2. The molecule has 19 heavy (non-hydrogen) atoms. The molecule has 1 atom stereocenters. The fourth-order valence-electron chi connectivity index (χ4n) is 2.59. The third kappa shape index (κ3) is 3.74. The Labute approximate surface area is 113 Å². The van der Waals surface area contributed by atoms with Crippen molar-refractivity contribution in [3.63, 3.8) is 0 Å². The van der Waals surface area contributed by atoms with Crippen molar-refractivity contribution in [3.05, 3.63) is 35.4 Å². The van der Waals surface area contributed by atoms with Crippen molar-refractivity contribution < 1.29 is 8.78 Å². The summed E-state index contributed by atoms with van der Waals surface area (Å²) in [5, 5.41) is 3.57. The van der Waals surface area contributed by atoms with Crippen molar-refractivity contribution in [1.82, 2.24) is 10.2 Å². The van der Waals surface area contributed by atoms with Gasteiger partial charge in [-0.25, -0.2) is 8.78 Å². The van der Waals surface area contributed by atoms with Crippen LogP contribution in [0.15, 0.2) is 18.2 Å². The van der Waals surface area contributed by atoms with Crippen molar-refractivity contribution in [2.75, 3.05) is 19.6 Å². The zero-order chi connectivity index (χ0) is 13.9. The van der Waals surface area contributed by atoms with Crippen molar-refractivity contribution in [3.8, 4) is 0 Å². The van der Waals surface area contributed by atoms with Gasteiger partial charge in [-0.2, -0.15) is 0 Å². The van der Waals surface area contributed by atoms with Crippen LogP contribution < -0.4 is 5.32 Å². The van der Waals surface area contributed by atoms with Gasteiger partial charge in [0.2, 0.25) is 0 Å². The predicted molar refractivity (Wildman–Crippen MR) is 73.0 cm³/mol. The second-order valence-corrected chi connectivity index (χ2v) is 5.65. The van der Waals surface area contributed by atoms with Crippen molar-refractivity contribution in [1.29, 1.82) is 0 Å². The van der Waals surface area contributed by atoms with Crippen LogP contribution in [0.2, 0.25) is 0 Å². The second-order valence-electron chi connectivity index (χ2n) is 5.65. The minimum absolute atomic E-state index is 0.106. The largest absolute Gasteiger partial charge is 0.310 e. The zero-order valence-corrected chi connectivity index (χ0v) is 11.7. The summed E-state index contributed by atoms with van der Waals surface area (Å²) in [7, 11) is 0. The Morgan fingerprint density at radius 1 is 1.32 bits per heavy atom. The number of benzene rings is 1. The lowest BCUT2D eigenvalue weighted by Crippen LogP contribution is -2.48. The Morgan fingerprint density at radius 3 is 2.79 bits per heavy atom. The van der Waals surface area contributed by atoms with E-state index in [1.165, 1.54) is 12.1 Å². The summed E-state index contributed by atoms with van der Waals surface area (Å²) in [6.07, 6.45) is 2.14. The summed E-state index contributed by atoms with van der Waals surface area (Å²) >= 11 is 0. The van der Waals surface area contributed by atoms with Crippen LogP contribution >= 0.6 is 0 Å². The summed E-state index contributed by atoms with van der Waals surface area (Å²) in [4.78, 5) is 2.32. The molecule has 1 fully saturated rings. The van der Waals surface area contributed by atoms with E-state index >= 15 is 0 Å². The first-order chi connectivity index (χ1) is 9.02. The molecule has 1 aliphatic heterocycles. The van der Waals surface area contributed by atoms with Crippen LogP contribution in [0.5, 0.6) is 0 Å². The van der Waals surface area contributed by atoms with Gasteiger partial charge in [0.05, 0.1) is 0 Å². The average molecular weight is 268 g/mol. The lowest BCUT2D eigenvalue weighted by molar-refractivity contribution is 0.208. The molecule has 1 N–H and O–H groups in total. The molecule has 0 aliphatic carbocycles.